The Bertz CT molecular complexity index is 1120. The van der Waals surface area contributed by atoms with E-state index in [0.717, 1.165) is 40.2 Å². The maximum Gasteiger partial charge on any atom is 0.298 e. The molecule has 1 aliphatic rings. The van der Waals surface area contributed by atoms with Gasteiger partial charge in [-0.25, -0.2) is 4.90 Å². The van der Waals surface area contributed by atoms with Gasteiger partial charge in [0.05, 0.1) is 17.7 Å². The molecule has 146 valence electrons. The van der Waals surface area contributed by atoms with Crippen LogP contribution < -0.4 is 9.64 Å². The van der Waals surface area contributed by atoms with Crippen LogP contribution in [0.1, 0.15) is 17.0 Å². The number of imide groups is 1. The summed E-state index contributed by atoms with van der Waals surface area (Å²) in [4.78, 5) is 26.9. The van der Waals surface area contributed by atoms with E-state index >= 15 is 0 Å². The molecule has 1 aliphatic heterocycles. The summed E-state index contributed by atoms with van der Waals surface area (Å²) < 4.78 is 7.35. The summed E-state index contributed by atoms with van der Waals surface area (Å²) >= 11 is 0.969. The lowest BCUT2D eigenvalue weighted by Gasteiger charge is -2.11. The Labute approximate surface area is 173 Å². The molecule has 1 saturated heterocycles. The van der Waals surface area contributed by atoms with E-state index in [4.69, 9.17) is 4.74 Å². The van der Waals surface area contributed by atoms with Gasteiger partial charge in [-0.2, -0.15) is 0 Å². The number of thioether (sulfide) groups is 1. The third-order valence-corrected chi connectivity index (χ3v) is 5.77. The van der Waals surface area contributed by atoms with Gasteiger partial charge in [0, 0.05) is 17.1 Å². The molecule has 6 heteroatoms. The van der Waals surface area contributed by atoms with E-state index in [1.54, 1.807) is 25.3 Å². The molecule has 0 saturated carbocycles. The zero-order chi connectivity index (χ0) is 20.5. The summed E-state index contributed by atoms with van der Waals surface area (Å²) in [5.41, 5.74) is 4.55. The quantitative estimate of drug-likeness (QED) is 0.551. The average Bonchev–Trinajstić information content (AvgIpc) is 3.17. The molecule has 0 N–H and O–H groups in total. The fourth-order valence-electron chi connectivity index (χ4n) is 3.47. The topological polar surface area (TPSA) is 51.5 Å². The summed E-state index contributed by atoms with van der Waals surface area (Å²) in [6.07, 6.45) is 1.80. The van der Waals surface area contributed by atoms with Gasteiger partial charge in [0.1, 0.15) is 5.75 Å². The number of methoxy groups -OCH3 is 1. The van der Waals surface area contributed by atoms with Crippen LogP contribution in [0.2, 0.25) is 0 Å². The summed E-state index contributed by atoms with van der Waals surface area (Å²) in [6.45, 7) is 4.02. The number of para-hydroxylation sites is 1. The predicted molar refractivity (Wildman–Crippen MR) is 117 cm³/mol. The van der Waals surface area contributed by atoms with Crippen LogP contribution >= 0.6 is 11.8 Å². The van der Waals surface area contributed by atoms with Gasteiger partial charge in [-0.3, -0.25) is 9.59 Å². The van der Waals surface area contributed by atoms with Crippen molar-refractivity contribution in [2.45, 2.75) is 13.8 Å². The van der Waals surface area contributed by atoms with Crippen molar-refractivity contribution >= 4 is 34.7 Å². The molecule has 2 heterocycles. The first kappa shape index (κ1) is 19.1. The first-order valence-electron chi connectivity index (χ1n) is 9.16. The molecule has 0 spiro atoms. The Hall–Kier alpha value is -3.25. The fraction of sp³-hybridized carbons (Fsp3) is 0.130. The van der Waals surface area contributed by atoms with E-state index in [-0.39, 0.29) is 11.1 Å². The van der Waals surface area contributed by atoms with Crippen molar-refractivity contribution in [2.75, 3.05) is 12.0 Å². The second kappa shape index (κ2) is 7.64. The van der Waals surface area contributed by atoms with Gasteiger partial charge in [0.25, 0.3) is 11.1 Å². The van der Waals surface area contributed by atoms with Crippen molar-refractivity contribution in [3.05, 3.63) is 82.5 Å². The largest absolute Gasteiger partial charge is 0.497 e. The van der Waals surface area contributed by atoms with Crippen molar-refractivity contribution in [3.63, 3.8) is 0 Å². The summed E-state index contributed by atoms with van der Waals surface area (Å²) in [5, 5.41) is -0.281. The monoisotopic (exact) mass is 404 g/mol. The van der Waals surface area contributed by atoms with Crippen LogP contribution in [0.25, 0.3) is 11.8 Å². The number of hydrogen-bond acceptors (Lipinski definition) is 4. The Morgan fingerprint density at radius 2 is 1.62 bits per heavy atom. The van der Waals surface area contributed by atoms with E-state index in [2.05, 4.69) is 4.57 Å². The average molecular weight is 404 g/mol. The number of anilines is 1. The number of aromatic nitrogens is 1. The summed E-state index contributed by atoms with van der Waals surface area (Å²) in [6, 6.07) is 18.8. The van der Waals surface area contributed by atoms with Crippen LogP contribution in [0.3, 0.4) is 0 Å². The van der Waals surface area contributed by atoms with Crippen molar-refractivity contribution in [2.24, 2.45) is 0 Å². The molecular formula is C23H20N2O3S. The fourth-order valence-corrected chi connectivity index (χ4v) is 4.30. The molecule has 3 aromatic rings. The molecule has 0 bridgehead atoms. The Morgan fingerprint density at radius 1 is 0.931 bits per heavy atom. The van der Waals surface area contributed by atoms with Crippen molar-refractivity contribution in [1.29, 1.82) is 0 Å². The highest BCUT2D eigenvalue weighted by Crippen LogP contribution is 2.36. The maximum atomic E-state index is 12.9. The second-order valence-corrected chi connectivity index (χ2v) is 7.71. The van der Waals surface area contributed by atoms with Gasteiger partial charge >= 0.3 is 0 Å². The molecule has 29 heavy (non-hydrogen) atoms. The number of rotatable bonds is 4. The maximum absolute atomic E-state index is 12.9. The minimum Gasteiger partial charge on any atom is -0.497 e. The lowest BCUT2D eigenvalue weighted by atomic mass is 10.2. The molecule has 4 rings (SSSR count). The number of ether oxygens (including phenoxy) is 1. The molecule has 1 fully saturated rings. The highest BCUT2D eigenvalue weighted by atomic mass is 32.2. The van der Waals surface area contributed by atoms with Crippen LogP contribution in [-0.2, 0) is 4.79 Å². The van der Waals surface area contributed by atoms with Gasteiger partial charge in [-0.1, -0.05) is 18.2 Å². The first-order chi connectivity index (χ1) is 14.0. The van der Waals surface area contributed by atoms with Crippen molar-refractivity contribution in [3.8, 4) is 11.4 Å². The van der Waals surface area contributed by atoms with Gasteiger partial charge in [-0.15, -0.1) is 0 Å². The predicted octanol–water partition coefficient (Wildman–Crippen LogP) is 5.34. The van der Waals surface area contributed by atoms with E-state index in [0.29, 0.717) is 10.6 Å². The zero-order valence-corrected chi connectivity index (χ0v) is 17.2. The molecule has 2 amide bonds. The Morgan fingerprint density at radius 3 is 2.28 bits per heavy atom. The van der Waals surface area contributed by atoms with E-state index in [1.165, 1.54) is 4.90 Å². The van der Waals surface area contributed by atoms with Crippen LogP contribution in [0.15, 0.2) is 65.6 Å². The number of amides is 2. The minimum atomic E-state index is -0.291. The smallest absolute Gasteiger partial charge is 0.298 e. The Balaban J connectivity index is 1.68. The summed E-state index contributed by atoms with van der Waals surface area (Å²) in [7, 11) is 1.64. The van der Waals surface area contributed by atoms with Crippen molar-refractivity contribution in [1.82, 2.24) is 4.57 Å². The normalized spacial score (nSPS) is 15.4. The lowest BCUT2D eigenvalue weighted by Crippen LogP contribution is -2.27. The number of benzene rings is 2. The number of carbonyl (C=O) groups excluding carboxylic acids is 2. The molecular weight excluding hydrogens is 384 g/mol. The van der Waals surface area contributed by atoms with Crippen LogP contribution in [-0.4, -0.2) is 22.8 Å². The van der Waals surface area contributed by atoms with Gasteiger partial charge in [0.2, 0.25) is 0 Å². The SMILES string of the molecule is COc1ccc(-n2c(C)cc(/C=C3/SC(=O)N(c4ccccc4)C3=O)c2C)cc1. The number of aryl methyl sites for hydroxylation is 1. The highest BCUT2D eigenvalue weighted by molar-refractivity contribution is 8.19. The summed E-state index contributed by atoms with van der Waals surface area (Å²) in [5.74, 6) is 0.506. The number of nitrogens with zero attached hydrogens (tertiary/aromatic N) is 2. The van der Waals surface area contributed by atoms with E-state index in [1.807, 2.05) is 62.4 Å². The lowest BCUT2D eigenvalue weighted by molar-refractivity contribution is -0.113. The van der Waals surface area contributed by atoms with E-state index in [9.17, 15) is 9.59 Å². The second-order valence-electron chi connectivity index (χ2n) is 6.71. The standard InChI is InChI=1S/C23H20N2O3S/c1-15-13-17(16(2)24(15)19-9-11-20(28-3)12-10-19)14-21-22(26)25(23(27)29-21)18-7-5-4-6-8-18/h4-14H,1-3H3/b21-14+. The van der Waals surface area contributed by atoms with Gasteiger partial charge in [0.15, 0.2) is 0 Å². The molecule has 0 aliphatic carbocycles. The minimum absolute atomic E-state index is 0.281. The molecule has 0 radical (unpaired) electrons. The molecule has 0 atom stereocenters. The number of hydrogen-bond donors (Lipinski definition) is 0. The highest BCUT2D eigenvalue weighted by Gasteiger charge is 2.36. The third kappa shape index (κ3) is 3.47. The third-order valence-electron chi connectivity index (χ3n) is 4.90. The van der Waals surface area contributed by atoms with Crippen molar-refractivity contribution < 1.29 is 14.3 Å². The van der Waals surface area contributed by atoms with Crippen LogP contribution in [0.4, 0.5) is 10.5 Å². The van der Waals surface area contributed by atoms with E-state index < -0.39 is 0 Å². The zero-order valence-electron chi connectivity index (χ0n) is 16.4. The first-order valence-corrected chi connectivity index (χ1v) is 9.97. The van der Waals surface area contributed by atoms with Gasteiger partial charge < -0.3 is 9.30 Å². The molecule has 1 aromatic heterocycles. The molecule has 5 nitrogen and oxygen atoms in total. The van der Waals surface area contributed by atoms with Crippen LogP contribution in [0.5, 0.6) is 5.75 Å². The van der Waals surface area contributed by atoms with Gasteiger partial charge in [-0.05, 0) is 79.7 Å². The molecule has 2 aromatic carbocycles. The molecule has 0 unspecified atom stereocenters. The van der Waals surface area contributed by atoms with Crippen LogP contribution in [0, 0.1) is 13.8 Å². The number of carbonyl (C=O) groups is 2. The Kier molecular flexibility index (Phi) is 5.03.